The zero-order chi connectivity index (χ0) is 19.4. The molecule has 2 aromatic carbocycles. The van der Waals surface area contributed by atoms with Crippen molar-refractivity contribution in [3.8, 4) is 16.9 Å². The van der Waals surface area contributed by atoms with Gasteiger partial charge in [0.25, 0.3) is 5.91 Å². The molecule has 0 spiro atoms. The molecule has 27 heavy (non-hydrogen) atoms. The van der Waals surface area contributed by atoms with Gasteiger partial charge in [-0.05, 0) is 42.1 Å². The summed E-state index contributed by atoms with van der Waals surface area (Å²) in [5, 5.41) is 7.50. The molecule has 5 nitrogen and oxygen atoms in total. The summed E-state index contributed by atoms with van der Waals surface area (Å²) in [6, 6.07) is 15.1. The fourth-order valence-corrected chi connectivity index (χ4v) is 3.52. The van der Waals surface area contributed by atoms with Gasteiger partial charge in [0.2, 0.25) is 5.91 Å². The molecule has 0 atom stereocenters. The highest BCUT2D eigenvalue weighted by molar-refractivity contribution is 7.12. The van der Waals surface area contributed by atoms with Crippen LogP contribution in [0.4, 0.5) is 11.4 Å². The molecular formula is C21H20N2O3S. The molecule has 0 fully saturated rings. The van der Waals surface area contributed by atoms with Crippen molar-refractivity contribution < 1.29 is 14.3 Å². The van der Waals surface area contributed by atoms with Crippen LogP contribution >= 0.6 is 11.3 Å². The first-order valence-corrected chi connectivity index (χ1v) is 9.27. The van der Waals surface area contributed by atoms with Crippen LogP contribution in [0.5, 0.6) is 5.75 Å². The summed E-state index contributed by atoms with van der Waals surface area (Å²) in [5.41, 5.74) is 4.13. The van der Waals surface area contributed by atoms with Gasteiger partial charge in [-0.15, -0.1) is 11.3 Å². The van der Waals surface area contributed by atoms with E-state index < -0.39 is 0 Å². The van der Waals surface area contributed by atoms with Crippen LogP contribution in [0.2, 0.25) is 0 Å². The lowest BCUT2D eigenvalue weighted by Crippen LogP contribution is -2.13. The summed E-state index contributed by atoms with van der Waals surface area (Å²) in [6.07, 6.45) is 0. The lowest BCUT2D eigenvalue weighted by molar-refractivity contribution is -0.114. The summed E-state index contributed by atoms with van der Waals surface area (Å²) in [4.78, 5) is 24.8. The van der Waals surface area contributed by atoms with Crippen molar-refractivity contribution in [1.82, 2.24) is 0 Å². The molecule has 0 radical (unpaired) electrons. The minimum absolute atomic E-state index is 0.183. The van der Waals surface area contributed by atoms with Crippen molar-refractivity contribution in [1.29, 1.82) is 0 Å². The van der Waals surface area contributed by atoms with Crippen LogP contribution in [0.25, 0.3) is 11.1 Å². The average molecular weight is 380 g/mol. The standard InChI is InChI=1S/C21H20N2O3S/c1-13-4-6-15(7-5-13)17-10-11-27-20(17)21(25)23-18-12-16(22-14(2)24)8-9-19(18)26-3/h4-12H,1-3H3,(H,22,24)(H,23,25). The highest BCUT2D eigenvalue weighted by Gasteiger charge is 2.17. The minimum Gasteiger partial charge on any atom is -0.495 e. The third-order valence-electron chi connectivity index (χ3n) is 4.00. The number of benzene rings is 2. The second-order valence-corrected chi connectivity index (χ2v) is 7.00. The van der Waals surface area contributed by atoms with E-state index in [4.69, 9.17) is 4.74 Å². The molecule has 3 aromatic rings. The van der Waals surface area contributed by atoms with Crippen molar-refractivity contribution in [2.75, 3.05) is 17.7 Å². The Hall–Kier alpha value is -3.12. The van der Waals surface area contributed by atoms with Gasteiger partial charge in [-0.2, -0.15) is 0 Å². The van der Waals surface area contributed by atoms with Crippen molar-refractivity contribution >= 4 is 34.5 Å². The highest BCUT2D eigenvalue weighted by atomic mass is 32.1. The van der Waals surface area contributed by atoms with Crippen LogP contribution in [0.1, 0.15) is 22.2 Å². The fourth-order valence-electron chi connectivity index (χ4n) is 2.71. The SMILES string of the molecule is COc1ccc(NC(C)=O)cc1NC(=O)c1sccc1-c1ccc(C)cc1. The van der Waals surface area contributed by atoms with Crippen molar-refractivity contribution in [3.05, 3.63) is 64.4 Å². The van der Waals surface area contributed by atoms with E-state index in [2.05, 4.69) is 10.6 Å². The molecule has 0 unspecified atom stereocenters. The predicted octanol–water partition coefficient (Wildman–Crippen LogP) is 4.94. The van der Waals surface area contributed by atoms with Crippen LogP contribution in [0, 0.1) is 6.92 Å². The number of anilines is 2. The van der Waals surface area contributed by atoms with Gasteiger partial charge < -0.3 is 15.4 Å². The van der Waals surface area contributed by atoms with Gasteiger partial charge in [-0.1, -0.05) is 29.8 Å². The molecule has 0 aliphatic rings. The summed E-state index contributed by atoms with van der Waals surface area (Å²) >= 11 is 1.38. The van der Waals surface area contributed by atoms with Gasteiger partial charge in [0, 0.05) is 18.2 Å². The lowest BCUT2D eigenvalue weighted by Gasteiger charge is -2.12. The first kappa shape index (κ1) is 18.7. The van der Waals surface area contributed by atoms with Crippen molar-refractivity contribution in [2.24, 2.45) is 0 Å². The third-order valence-corrected chi connectivity index (χ3v) is 4.92. The predicted molar refractivity (Wildman–Crippen MR) is 110 cm³/mol. The maximum absolute atomic E-state index is 12.9. The minimum atomic E-state index is -0.223. The number of hydrogen-bond donors (Lipinski definition) is 2. The summed E-state index contributed by atoms with van der Waals surface area (Å²) in [5.74, 6) is 0.113. The second-order valence-electron chi connectivity index (χ2n) is 6.08. The number of hydrogen-bond acceptors (Lipinski definition) is 4. The molecule has 0 bridgehead atoms. The van der Waals surface area contributed by atoms with E-state index in [-0.39, 0.29) is 11.8 Å². The highest BCUT2D eigenvalue weighted by Crippen LogP contribution is 2.32. The lowest BCUT2D eigenvalue weighted by atomic mass is 10.0. The largest absolute Gasteiger partial charge is 0.495 e. The van der Waals surface area contributed by atoms with E-state index in [0.29, 0.717) is 22.0 Å². The zero-order valence-corrected chi connectivity index (χ0v) is 16.1. The zero-order valence-electron chi connectivity index (χ0n) is 15.3. The van der Waals surface area contributed by atoms with Gasteiger partial charge in [0.05, 0.1) is 17.7 Å². The smallest absolute Gasteiger partial charge is 0.266 e. The van der Waals surface area contributed by atoms with E-state index in [1.54, 1.807) is 18.2 Å². The number of methoxy groups -OCH3 is 1. The van der Waals surface area contributed by atoms with Gasteiger partial charge in [-0.3, -0.25) is 9.59 Å². The number of carbonyl (C=O) groups is 2. The maximum atomic E-state index is 12.9. The molecule has 0 aliphatic heterocycles. The Balaban J connectivity index is 1.89. The molecule has 1 heterocycles. The van der Waals surface area contributed by atoms with E-state index in [1.807, 2.05) is 42.6 Å². The van der Waals surface area contributed by atoms with Crippen LogP contribution in [0.3, 0.4) is 0 Å². The first-order valence-electron chi connectivity index (χ1n) is 8.39. The molecule has 0 aliphatic carbocycles. The molecule has 0 saturated heterocycles. The molecule has 3 rings (SSSR count). The number of thiophene rings is 1. The monoisotopic (exact) mass is 380 g/mol. The Labute approximate surface area is 162 Å². The molecule has 1 aromatic heterocycles. The summed E-state index contributed by atoms with van der Waals surface area (Å²) in [7, 11) is 1.53. The number of ether oxygens (including phenoxy) is 1. The number of aryl methyl sites for hydroxylation is 1. The molecule has 2 N–H and O–H groups in total. The number of amides is 2. The number of rotatable bonds is 5. The van der Waals surface area contributed by atoms with Crippen molar-refractivity contribution in [2.45, 2.75) is 13.8 Å². The molecule has 2 amide bonds. The van der Waals surface area contributed by atoms with Gasteiger partial charge >= 0.3 is 0 Å². The summed E-state index contributed by atoms with van der Waals surface area (Å²) in [6.45, 7) is 3.46. The molecule has 0 saturated carbocycles. The van der Waals surface area contributed by atoms with E-state index in [0.717, 1.165) is 11.1 Å². The molecular weight excluding hydrogens is 360 g/mol. The van der Waals surface area contributed by atoms with E-state index in [9.17, 15) is 9.59 Å². The van der Waals surface area contributed by atoms with Crippen LogP contribution in [-0.2, 0) is 4.79 Å². The summed E-state index contributed by atoms with van der Waals surface area (Å²) < 4.78 is 5.33. The van der Waals surface area contributed by atoms with E-state index >= 15 is 0 Å². The van der Waals surface area contributed by atoms with Crippen molar-refractivity contribution in [3.63, 3.8) is 0 Å². The Kier molecular flexibility index (Phi) is 5.57. The van der Waals surface area contributed by atoms with Crippen LogP contribution in [-0.4, -0.2) is 18.9 Å². The second kappa shape index (κ2) is 8.05. The van der Waals surface area contributed by atoms with E-state index in [1.165, 1.54) is 30.9 Å². The topological polar surface area (TPSA) is 67.4 Å². The average Bonchev–Trinajstić information content (AvgIpc) is 3.12. The first-order chi connectivity index (χ1) is 13.0. The van der Waals surface area contributed by atoms with Gasteiger partial charge in [-0.25, -0.2) is 0 Å². The molecule has 138 valence electrons. The fraction of sp³-hybridized carbons (Fsp3) is 0.143. The normalized spacial score (nSPS) is 10.3. The molecule has 6 heteroatoms. The number of nitrogens with one attached hydrogen (secondary N) is 2. The van der Waals surface area contributed by atoms with Gasteiger partial charge in [0.15, 0.2) is 0 Å². The number of carbonyl (C=O) groups excluding carboxylic acids is 2. The quantitative estimate of drug-likeness (QED) is 0.659. The Morgan fingerprint density at radius 3 is 2.41 bits per heavy atom. The Morgan fingerprint density at radius 1 is 1.00 bits per heavy atom. The Morgan fingerprint density at radius 2 is 1.74 bits per heavy atom. The van der Waals surface area contributed by atoms with Gasteiger partial charge in [0.1, 0.15) is 5.75 Å². The van der Waals surface area contributed by atoms with Crippen LogP contribution in [0.15, 0.2) is 53.9 Å². The third kappa shape index (κ3) is 4.35. The van der Waals surface area contributed by atoms with Crippen LogP contribution < -0.4 is 15.4 Å². The Bertz CT molecular complexity index is 977. The maximum Gasteiger partial charge on any atom is 0.266 e.